The zero-order valence-corrected chi connectivity index (χ0v) is 13.4. The second-order valence-electron chi connectivity index (χ2n) is 5.38. The molecular weight excluding hydrogens is 322 g/mol. The number of carbonyl (C=O) groups excluding carboxylic acids is 1. The maximum Gasteiger partial charge on any atom is 0.205 e. The van der Waals surface area contributed by atoms with Gasteiger partial charge in [-0.2, -0.15) is 4.37 Å². The van der Waals surface area contributed by atoms with Gasteiger partial charge in [0.05, 0.1) is 0 Å². The molecule has 0 unspecified atom stereocenters. The third kappa shape index (κ3) is 3.56. The van der Waals surface area contributed by atoms with Crippen LogP contribution in [-0.4, -0.2) is 28.4 Å². The van der Waals surface area contributed by atoms with Crippen LogP contribution in [0.15, 0.2) is 24.3 Å². The lowest BCUT2D eigenvalue weighted by Crippen LogP contribution is -2.41. The molecule has 0 amide bonds. The first-order valence-electron chi connectivity index (χ1n) is 7.14. The first-order valence-corrected chi connectivity index (χ1v) is 8.30. The molecule has 1 aliphatic rings. The summed E-state index contributed by atoms with van der Waals surface area (Å²) in [4.78, 5) is 17.5. The third-order valence-corrected chi connectivity index (χ3v) is 4.90. The van der Waals surface area contributed by atoms with Gasteiger partial charge in [-0.05, 0) is 30.5 Å². The molecule has 7 heteroatoms. The number of carboxylic acids is 1. The first-order chi connectivity index (χ1) is 10.6. The Kier molecular flexibility index (Phi) is 4.59. The average Bonchev–Trinajstić information content (AvgIpc) is 2.98. The van der Waals surface area contributed by atoms with Gasteiger partial charge in [-0.1, -0.05) is 23.7 Å². The van der Waals surface area contributed by atoms with Crippen molar-refractivity contribution in [2.45, 2.75) is 19.3 Å². The Morgan fingerprint density at radius 1 is 1.32 bits per heavy atom. The summed E-state index contributed by atoms with van der Waals surface area (Å²) in [5, 5.41) is 12.4. The van der Waals surface area contributed by atoms with Gasteiger partial charge in [0, 0.05) is 48.0 Å². The van der Waals surface area contributed by atoms with Gasteiger partial charge in [0.15, 0.2) is 0 Å². The van der Waals surface area contributed by atoms with Crippen LogP contribution in [0.2, 0.25) is 5.02 Å². The molecule has 1 aliphatic heterocycles. The summed E-state index contributed by atoms with van der Waals surface area (Å²) in [6.45, 7) is 1.38. The molecule has 22 heavy (non-hydrogen) atoms. The van der Waals surface area contributed by atoms with Gasteiger partial charge in [0.25, 0.3) is 0 Å². The normalized spacial score (nSPS) is 16.0. The van der Waals surface area contributed by atoms with E-state index in [1.54, 1.807) is 0 Å². The Morgan fingerprint density at radius 3 is 2.64 bits per heavy atom. The van der Waals surface area contributed by atoms with Crippen molar-refractivity contribution < 1.29 is 9.90 Å². The number of carbonyl (C=O) groups is 1. The zero-order chi connectivity index (χ0) is 15.5. The van der Waals surface area contributed by atoms with E-state index >= 15 is 0 Å². The lowest BCUT2D eigenvalue weighted by Gasteiger charge is -2.31. The van der Waals surface area contributed by atoms with Crippen LogP contribution in [0.25, 0.3) is 0 Å². The molecule has 0 N–H and O–H groups in total. The molecule has 1 aromatic heterocycles. The summed E-state index contributed by atoms with van der Waals surface area (Å²) >= 11 is 7.24. The monoisotopic (exact) mass is 336 g/mol. The summed E-state index contributed by atoms with van der Waals surface area (Å²) in [7, 11) is 0. The molecule has 2 heterocycles. The maximum atomic E-state index is 10.9. The van der Waals surface area contributed by atoms with Crippen LogP contribution in [-0.2, 0) is 11.2 Å². The molecule has 116 valence electrons. The second kappa shape index (κ2) is 6.62. The van der Waals surface area contributed by atoms with Crippen molar-refractivity contribution in [1.82, 2.24) is 9.36 Å². The van der Waals surface area contributed by atoms with E-state index in [9.17, 15) is 9.90 Å². The number of aliphatic carboxylic acids is 1. The van der Waals surface area contributed by atoms with Crippen LogP contribution in [0.5, 0.6) is 0 Å². The second-order valence-corrected chi connectivity index (χ2v) is 6.54. The average molecular weight is 337 g/mol. The van der Waals surface area contributed by atoms with Crippen molar-refractivity contribution in [3.63, 3.8) is 0 Å². The standard InChI is InChI=1S/C15H16ClN3O2S/c16-12-3-1-10(2-4-12)9-13-17-15(22-18-13)19-7-5-11(6-8-19)14(20)21/h1-4,11H,5-9H2,(H,20,21)/p-1. The van der Waals surface area contributed by atoms with Gasteiger partial charge < -0.3 is 14.8 Å². The lowest BCUT2D eigenvalue weighted by atomic mass is 9.98. The number of halogens is 1. The molecule has 1 aromatic carbocycles. The highest BCUT2D eigenvalue weighted by Crippen LogP contribution is 2.25. The summed E-state index contributed by atoms with van der Waals surface area (Å²) in [6, 6.07) is 7.65. The maximum absolute atomic E-state index is 10.9. The first kappa shape index (κ1) is 15.2. The molecule has 1 saturated heterocycles. The van der Waals surface area contributed by atoms with Crippen molar-refractivity contribution in [2.24, 2.45) is 5.92 Å². The van der Waals surface area contributed by atoms with Crippen molar-refractivity contribution in [3.05, 3.63) is 40.7 Å². The molecule has 1 fully saturated rings. The fourth-order valence-corrected chi connectivity index (χ4v) is 3.40. The highest BCUT2D eigenvalue weighted by atomic mass is 35.5. The van der Waals surface area contributed by atoms with Crippen LogP contribution >= 0.6 is 23.1 Å². The number of aromatic nitrogens is 2. The molecule has 0 spiro atoms. The Hall–Kier alpha value is -1.66. The van der Waals surface area contributed by atoms with Gasteiger partial charge >= 0.3 is 0 Å². The van der Waals surface area contributed by atoms with E-state index in [4.69, 9.17) is 11.6 Å². The Bertz CT molecular complexity index is 651. The Labute approximate surface area is 137 Å². The predicted molar refractivity (Wildman–Crippen MR) is 84.1 cm³/mol. The van der Waals surface area contributed by atoms with Crippen LogP contribution in [0.3, 0.4) is 0 Å². The van der Waals surface area contributed by atoms with Crippen molar-refractivity contribution in [3.8, 4) is 0 Å². The minimum Gasteiger partial charge on any atom is -0.550 e. The number of nitrogens with zero attached hydrogens (tertiary/aromatic N) is 3. The van der Waals surface area contributed by atoms with E-state index in [0.29, 0.717) is 37.4 Å². The highest BCUT2D eigenvalue weighted by Gasteiger charge is 2.22. The molecule has 0 atom stereocenters. The summed E-state index contributed by atoms with van der Waals surface area (Å²) in [5.41, 5.74) is 1.12. The number of piperidine rings is 1. The Balaban J connectivity index is 1.62. The molecule has 2 aromatic rings. The topological polar surface area (TPSA) is 69.2 Å². The Morgan fingerprint density at radius 2 is 2.00 bits per heavy atom. The molecule has 0 radical (unpaired) electrons. The molecule has 0 saturated carbocycles. The van der Waals surface area contributed by atoms with Gasteiger partial charge in [0.2, 0.25) is 5.13 Å². The van der Waals surface area contributed by atoms with Crippen LogP contribution < -0.4 is 10.0 Å². The van der Waals surface area contributed by atoms with E-state index < -0.39 is 5.97 Å². The van der Waals surface area contributed by atoms with Gasteiger partial charge in [-0.15, -0.1) is 0 Å². The smallest absolute Gasteiger partial charge is 0.205 e. The zero-order valence-electron chi connectivity index (χ0n) is 11.9. The molecule has 0 aliphatic carbocycles. The fraction of sp³-hybridized carbons (Fsp3) is 0.400. The molecule has 3 rings (SSSR count). The number of anilines is 1. The van der Waals surface area contributed by atoms with Crippen molar-refractivity contribution in [1.29, 1.82) is 0 Å². The molecule has 5 nitrogen and oxygen atoms in total. The summed E-state index contributed by atoms with van der Waals surface area (Å²) in [6.07, 6.45) is 1.88. The van der Waals surface area contributed by atoms with Crippen LogP contribution in [0, 0.1) is 5.92 Å². The fourth-order valence-electron chi connectivity index (χ4n) is 2.54. The quantitative estimate of drug-likeness (QED) is 0.850. The van der Waals surface area contributed by atoms with E-state index in [0.717, 1.165) is 16.5 Å². The number of benzene rings is 1. The van der Waals surface area contributed by atoms with Gasteiger partial charge in [-0.3, -0.25) is 0 Å². The number of rotatable bonds is 4. The predicted octanol–water partition coefficient (Wildman–Crippen LogP) is 1.75. The summed E-state index contributed by atoms with van der Waals surface area (Å²) in [5.74, 6) is -0.498. The largest absolute Gasteiger partial charge is 0.550 e. The minimum atomic E-state index is -0.944. The van der Waals surface area contributed by atoms with E-state index in [1.807, 2.05) is 24.3 Å². The molecular formula is C15H15ClN3O2S-. The number of hydrogen-bond acceptors (Lipinski definition) is 6. The van der Waals surface area contributed by atoms with E-state index in [1.165, 1.54) is 11.5 Å². The van der Waals surface area contributed by atoms with Gasteiger partial charge in [-0.25, -0.2) is 4.98 Å². The van der Waals surface area contributed by atoms with Crippen LogP contribution in [0.1, 0.15) is 24.2 Å². The number of carboxylic acid groups (broad SMARTS) is 1. The lowest BCUT2D eigenvalue weighted by molar-refractivity contribution is -0.312. The van der Waals surface area contributed by atoms with E-state index in [2.05, 4.69) is 14.3 Å². The SMILES string of the molecule is O=C([O-])C1CCN(c2nc(Cc3ccc(Cl)cc3)ns2)CC1. The molecule has 0 bridgehead atoms. The van der Waals surface area contributed by atoms with Crippen molar-refractivity contribution >= 4 is 34.2 Å². The number of hydrogen-bond donors (Lipinski definition) is 0. The van der Waals surface area contributed by atoms with E-state index in [-0.39, 0.29) is 5.92 Å². The van der Waals surface area contributed by atoms with Gasteiger partial charge in [0.1, 0.15) is 5.82 Å². The third-order valence-electron chi connectivity index (χ3n) is 3.83. The summed E-state index contributed by atoms with van der Waals surface area (Å²) < 4.78 is 4.39. The van der Waals surface area contributed by atoms with Crippen LogP contribution in [0.4, 0.5) is 5.13 Å². The minimum absolute atomic E-state index is 0.335. The van der Waals surface area contributed by atoms with Crippen molar-refractivity contribution in [2.75, 3.05) is 18.0 Å². The highest BCUT2D eigenvalue weighted by molar-refractivity contribution is 7.09.